The Hall–Kier alpha value is -3.19. The van der Waals surface area contributed by atoms with Crippen molar-refractivity contribution >= 4 is 29.1 Å². The first-order chi connectivity index (χ1) is 13.0. The van der Waals surface area contributed by atoms with Gasteiger partial charge in [0.15, 0.2) is 0 Å². The molecule has 0 saturated carbocycles. The van der Waals surface area contributed by atoms with Crippen LogP contribution in [0.2, 0.25) is 5.02 Å². The zero-order valence-electron chi connectivity index (χ0n) is 14.3. The van der Waals surface area contributed by atoms with E-state index in [4.69, 9.17) is 16.0 Å². The molecule has 0 fully saturated rings. The summed E-state index contributed by atoms with van der Waals surface area (Å²) in [6.07, 6.45) is 0. The molecule has 1 N–H and O–H groups in total. The van der Waals surface area contributed by atoms with Crippen molar-refractivity contribution in [2.24, 2.45) is 0 Å². The number of anilines is 1. The van der Waals surface area contributed by atoms with Crippen molar-refractivity contribution in [3.8, 4) is 11.5 Å². The summed E-state index contributed by atoms with van der Waals surface area (Å²) in [5.41, 5.74) is 1.98. The van der Waals surface area contributed by atoms with Gasteiger partial charge in [0.25, 0.3) is 5.91 Å². The topological polar surface area (TPSA) is 88.3 Å². The fourth-order valence-electron chi connectivity index (χ4n) is 3.10. The van der Waals surface area contributed by atoms with Crippen LogP contribution in [0.25, 0.3) is 11.5 Å². The Balaban J connectivity index is 1.66. The summed E-state index contributed by atoms with van der Waals surface area (Å²) in [6, 6.07) is 13.8. The first-order valence-corrected chi connectivity index (χ1v) is 8.67. The number of fused-ring (bicyclic) bond motifs is 1. The molecule has 0 unspecified atom stereocenters. The number of carbonyl (C=O) groups is 2. The zero-order chi connectivity index (χ0) is 19.0. The highest BCUT2D eigenvalue weighted by atomic mass is 35.5. The molecule has 2 amide bonds. The van der Waals surface area contributed by atoms with Gasteiger partial charge in [-0.1, -0.05) is 41.9 Å². The van der Waals surface area contributed by atoms with Crippen molar-refractivity contribution in [3.63, 3.8) is 0 Å². The monoisotopic (exact) mass is 382 g/mol. The summed E-state index contributed by atoms with van der Waals surface area (Å²) < 4.78 is 5.70. The maximum absolute atomic E-state index is 12.9. The van der Waals surface area contributed by atoms with Gasteiger partial charge in [0, 0.05) is 18.1 Å². The van der Waals surface area contributed by atoms with Crippen LogP contribution in [0, 0.1) is 0 Å². The molecule has 27 heavy (non-hydrogen) atoms. The first kappa shape index (κ1) is 17.2. The molecule has 4 rings (SSSR count). The maximum Gasteiger partial charge on any atom is 0.254 e. The van der Waals surface area contributed by atoms with Gasteiger partial charge in [0.05, 0.1) is 10.7 Å². The number of nitrogens with one attached hydrogen (secondary N) is 1. The summed E-state index contributed by atoms with van der Waals surface area (Å²) >= 11 is 6.33. The maximum atomic E-state index is 12.9. The van der Waals surface area contributed by atoms with Gasteiger partial charge in [0.2, 0.25) is 17.7 Å². The molecule has 1 aliphatic heterocycles. The second-order valence-electron chi connectivity index (χ2n) is 6.10. The highest BCUT2D eigenvalue weighted by Gasteiger charge is 2.40. The van der Waals surface area contributed by atoms with Crippen LogP contribution in [-0.2, 0) is 16.1 Å². The molecule has 7 nitrogen and oxygen atoms in total. The highest BCUT2D eigenvalue weighted by Crippen LogP contribution is 2.41. The van der Waals surface area contributed by atoms with E-state index < -0.39 is 6.04 Å². The fraction of sp³-hybridized carbons (Fsp3) is 0.158. The van der Waals surface area contributed by atoms with E-state index in [1.54, 1.807) is 18.2 Å². The Bertz CT molecular complexity index is 1020. The summed E-state index contributed by atoms with van der Waals surface area (Å²) in [5, 5.41) is 11.2. The van der Waals surface area contributed by atoms with E-state index in [0.717, 1.165) is 5.56 Å². The molecule has 3 aromatic rings. The molecule has 8 heteroatoms. The lowest BCUT2D eigenvalue weighted by atomic mass is 10.1. The van der Waals surface area contributed by atoms with Gasteiger partial charge < -0.3 is 9.73 Å². The lowest BCUT2D eigenvalue weighted by Gasteiger charge is -2.16. The molecule has 0 saturated heterocycles. The van der Waals surface area contributed by atoms with Gasteiger partial charge in [0.1, 0.15) is 12.6 Å². The minimum atomic E-state index is -0.785. The SMILES string of the molecule is CC(=O)N[C@H]1C(=O)N(Cc2nnc(-c3ccccc3)o2)c2c(Cl)cccc21. The average Bonchev–Trinajstić information content (AvgIpc) is 3.22. The van der Waals surface area contributed by atoms with E-state index >= 15 is 0 Å². The van der Waals surface area contributed by atoms with Gasteiger partial charge in [-0.05, 0) is 18.2 Å². The van der Waals surface area contributed by atoms with Gasteiger partial charge in [-0.25, -0.2) is 0 Å². The molecule has 2 aromatic carbocycles. The largest absolute Gasteiger partial charge is 0.419 e. The minimum Gasteiger partial charge on any atom is -0.419 e. The first-order valence-electron chi connectivity index (χ1n) is 8.29. The summed E-state index contributed by atoms with van der Waals surface area (Å²) in [5.74, 6) is 0.0460. The molecule has 1 aliphatic rings. The van der Waals surface area contributed by atoms with Crippen molar-refractivity contribution in [3.05, 3.63) is 65.0 Å². The smallest absolute Gasteiger partial charge is 0.254 e. The number of amides is 2. The number of hydrogen-bond acceptors (Lipinski definition) is 5. The number of para-hydroxylation sites is 1. The number of carbonyl (C=O) groups excluding carboxylic acids is 2. The van der Waals surface area contributed by atoms with Crippen LogP contribution in [0.15, 0.2) is 52.9 Å². The third-order valence-corrected chi connectivity index (χ3v) is 4.55. The molecular weight excluding hydrogens is 368 g/mol. The number of aromatic nitrogens is 2. The minimum absolute atomic E-state index is 0.0610. The number of rotatable bonds is 4. The summed E-state index contributed by atoms with van der Waals surface area (Å²) in [7, 11) is 0. The quantitative estimate of drug-likeness (QED) is 0.749. The Morgan fingerprint density at radius 1 is 1.19 bits per heavy atom. The normalized spacial score (nSPS) is 15.7. The molecule has 1 atom stereocenters. The molecular formula is C19H15ClN4O3. The van der Waals surface area contributed by atoms with Crippen molar-refractivity contribution in [2.75, 3.05) is 4.90 Å². The lowest BCUT2D eigenvalue weighted by molar-refractivity contribution is -0.126. The third-order valence-electron chi connectivity index (χ3n) is 4.24. The number of benzene rings is 2. The van der Waals surface area contributed by atoms with E-state index in [-0.39, 0.29) is 24.2 Å². The Labute approximate surface area is 160 Å². The van der Waals surface area contributed by atoms with E-state index in [0.29, 0.717) is 22.2 Å². The molecule has 0 bridgehead atoms. The predicted molar refractivity (Wildman–Crippen MR) is 98.9 cm³/mol. The van der Waals surface area contributed by atoms with Crippen molar-refractivity contribution < 1.29 is 14.0 Å². The van der Waals surface area contributed by atoms with E-state index in [2.05, 4.69) is 15.5 Å². The number of nitrogens with zero attached hydrogens (tertiary/aromatic N) is 3. The van der Waals surface area contributed by atoms with Gasteiger partial charge in [-0.3, -0.25) is 14.5 Å². The number of halogens is 1. The third kappa shape index (κ3) is 3.17. The van der Waals surface area contributed by atoms with Crippen molar-refractivity contribution in [1.29, 1.82) is 0 Å². The van der Waals surface area contributed by atoms with E-state index in [9.17, 15) is 9.59 Å². The Morgan fingerprint density at radius 3 is 2.70 bits per heavy atom. The van der Waals surface area contributed by atoms with Crippen LogP contribution in [0.4, 0.5) is 5.69 Å². The summed E-state index contributed by atoms with van der Waals surface area (Å²) in [4.78, 5) is 25.9. The molecule has 136 valence electrons. The second kappa shape index (κ2) is 6.85. The molecule has 0 aliphatic carbocycles. The van der Waals surface area contributed by atoms with Crippen LogP contribution in [-0.4, -0.2) is 22.0 Å². The average molecular weight is 383 g/mol. The molecule has 1 aromatic heterocycles. The second-order valence-corrected chi connectivity index (χ2v) is 6.51. The molecule has 0 radical (unpaired) electrons. The fourth-order valence-corrected chi connectivity index (χ4v) is 3.38. The van der Waals surface area contributed by atoms with Crippen LogP contribution in [0.5, 0.6) is 0 Å². The molecule has 0 spiro atoms. The van der Waals surface area contributed by atoms with Crippen molar-refractivity contribution in [2.45, 2.75) is 19.5 Å². The van der Waals surface area contributed by atoms with E-state index in [1.165, 1.54) is 11.8 Å². The van der Waals surface area contributed by atoms with Gasteiger partial charge >= 0.3 is 0 Å². The molecule has 2 heterocycles. The van der Waals surface area contributed by atoms with Crippen LogP contribution < -0.4 is 10.2 Å². The van der Waals surface area contributed by atoms with E-state index in [1.807, 2.05) is 30.3 Å². The number of hydrogen-bond donors (Lipinski definition) is 1. The van der Waals surface area contributed by atoms with Gasteiger partial charge in [-0.15, -0.1) is 10.2 Å². The van der Waals surface area contributed by atoms with Crippen molar-refractivity contribution in [1.82, 2.24) is 15.5 Å². The lowest BCUT2D eigenvalue weighted by Crippen LogP contribution is -2.36. The van der Waals surface area contributed by atoms with Gasteiger partial charge in [-0.2, -0.15) is 0 Å². The highest BCUT2D eigenvalue weighted by molar-refractivity contribution is 6.34. The van der Waals surface area contributed by atoms with Crippen LogP contribution in [0.3, 0.4) is 0 Å². The predicted octanol–water partition coefficient (Wildman–Crippen LogP) is 3.11. The summed E-state index contributed by atoms with van der Waals surface area (Å²) in [6.45, 7) is 1.43. The van der Waals surface area contributed by atoms with Crippen LogP contribution in [0.1, 0.15) is 24.4 Å². The van der Waals surface area contributed by atoms with Crippen LogP contribution >= 0.6 is 11.6 Å². The zero-order valence-corrected chi connectivity index (χ0v) is 15.1. The standard InChI is InChI=1S/C19H15ClN4O3/c1-11(25)21-16-13-8-5-9-14(20)17(13)24(19(16)26)10-15-22-23-18(27-15)12-6-3-2-4-7-12/h2-9,16H,10H2,1H3,(H,21,25)/t16-/m1/s1. The Morgan fingerprint density at radius 2 is 1.96 bits per heavy atom. The Kier molecular flexibility index (Phi) is 4.37.